The minimum atomic E-state index is 0.347. The molecule has 10 heavy (non-hydrogen) atoms. The van der Waals surface area contributed by atoms with Gasteiger partial charge in [0.25, 0.3) is 0 Å². The molecule has 2 unspecified atom stereocenters. The van der Waals surface area contributed by atoms with Crippen molar-refractivity contribution in [2.24, 2.45) is 11.8 Å². The Kier molecular flexibility index (Phi) is 1.05. The van der Waals surface area contributed by atoms with Gasteiger partial charge in [0.15, 0.2) is 0 Å². The summed E-state index contributed by atoms with van der Waals surface area (Å²) in [5, 5.41) is 0. The van der Waals surface area contributed by atoms with E-state index in [1.54, 1.807) is 0 Å². The summed E-state index contributed by atoms with van der Waals surface area (Å²) in [7, 11) is 0. The molecule has 2 aliphatic rings. The maximum Gasteiger partial charge on any atom is 0.140 e. The van der Waals surface area contributed by atoms with E-state index in [0.717, 1.165) is 12.8 Å². The van der Waals surface area contributed by atoms with Crippen LogP contribution in [-0.4, -0.2) is 5.78 Å². The van der Waals surface area contributed by atoms with E-state index in [1.807, 2.05) is 0 Å². The van der Waals surface area contributed by atoms with Crippen LogP contribution in [0.2, 0.25) is 0 Å². The molecule has 1 heteroatoms. The van der Waals surface area contributed by atoms with Gasteiger partial charge in [-0.2, -0.15) is 0 Å². The van der Waals surface area contributed by atoms with Gasteiger partial charge in [-0.15, -0.1) is 0 Å². The predicted octanol–water partition coefficient (Wildman–Crippen LogP) is 1.93. The van der Waals surface area contributed by atoms with Crippen LogP contribution in [0.3, 0.4) is 0 Å². The molecule has 1 fully saturated rings. The van der Waals surface area contributed by atoms with Gasteiger partial charge in [-0.1, -0.05) is 11.1 Å². The summed E-state index contributed by atoms with van der Waals surface area (Å²) in [5.41, 5.74) is 2.84. The van der Waals surface area contributed by atoms with Crippen molar-refractivity contribution in [3.8, 4) is 0 Å². The van der Waals surface area contributed by atoms with Crippen molar-refractivity contribution in [3.05, 3.63) is 11.1 Å². The maximum absolute atomic E-state index is 11.2. The Morgan fingerprint density at radius 2 is 2.00 bits per heavy atom. The standard InChI is InChI=1S/C9H12O/c1-5-6(2)9-7(5)3-4-8(9)10/h7,9H,3-4H2,1-2H3. The molecule has 0 amide bonds. The van der Waals surface area contributed by atoms with Gasteiger partial charge in [0.2, 0.25) is 0 Å². The van der Waals surface area contributed by atoms with Crippen molar-refractivity contribution in [2.75, 3.05) is 0 Å². The highest BCUT2D eigenvalue weighted by atomic mass is 16.1. The second-order valence-electron chi connectivity index (χ2n) is 3.46. The molecular weight excluding hydrogens is 124 g/mol. The Balaban J connectivity index is 2.33. The zero-order chi connectivity index (χ0) is 7.30. The average molecular weight is 136 g/mol. The number of carbonyl (C=O) groups excluding carboxylic acids is 1. The molecule has 1 saturated carbocycles. The van der Waals surface area contributed by atoms with Gasteiger partial charge in [0, 0.05) is 12.3 Å². The molecule has 2 rings (SSSR count). The Bertz CT molecular complexity index is 225. The Morgan fingerprint density at radius 1 is 1.30 bits per heavy atom. The lowest BCUT2D eigenvalue weighted by atomic mass is 9.71. The highest BCUT2D eigenvalue weighted by Crippen LogP contribution is 2.48. The molecule has 0 radical (unpaired) electrons. The van der Waals surface area contributed by atoms with Gasteiger partial charge in [0.05, 0.1) is 0 Å². The van der Waals surface area contributed by atoms with Crippen LogP contribution in [0, 0.1) is 11.8 Å². The molecule has 1 nitrogen and oxygen atoms in total. The Morgan fingerprint density at radius 3 is 2.60 bits per heavy atom. The highest BCUT2D eigenvalue weighted by Gasteiger charge is 2.44. The molecular formula is C9H12O. The van der Waals surface area contributed by atoms with Gasteiger partial charge in [-0.25, -0.2) is 0 Å². The van der Waals surface area contributed by atoms with Crippen molar-refractivity contribution in [1.82, 2.24) is 0 Å². The van der Waals surface area contributed by atoms with Crippen molar-refractivity contribution in [2.45, 2.75) is 26.7 Å². The second kappa shape index (κ2) is 1.71. The lowest BCUT2D eigenvalue weighted by Crippen LogP contribution is -2.27. The van der Waals surface area contributed by atoms with Gasteiger partial charge >= 0.3 is 0 Å². The molecule has 54 valence electrons. The SMILES string of the molecule is CC1=C(C)C2C(=O)CCC12. The fourth-order valence-corrected chi connectivity index (χ4v) is 2.30. The Labute approximate surface area is 61.1 Å². The first-order valence-electron chi connectivity index (χ1n) is 3.92. The van der Waals surface area contributed by atoms with Crippen LogP contribution >= 0.6 is 0 Å². The molecule has 0 heterocycles. The number of Topliss-reactive ketones (excluding diaryl/α,β-unsaturated/α-hetero) is 1. The van der Waals surface area contributed by atoms with E-state index in [-0.39, 0.29) is 0 Å². The third-order valence-electron chi connectivity index (χ3n) is 3.10. The summed E-state index contributed by atoms with van der Waals surface area (Å²) >= 11 is 0. The van der Waals surface area contributed by atoms with Gasteiger partial charge in [-0.3, -0.25) is 4.79 Å². The molecule has 0 aromatic rings. The first-order valence-corrected chi connectivity index (χ1v) is 3.92. The van der Waals surface area contributed by atoms with Crippen LogP contribution in [0.4, 0.5) is 0 Å². The van der Waals surface area contributed by atoms with Crippen LogP contribution in [0.25, 0.3) is 0 Å². The van der Waals surface area contributed by atoms with Gasteiger partial charge in [-0.05, 0) is 26.2 Å². The van der Waals surface area contributed by atoms with Crippen molar-refractivity contribution in [3.63, 3.8) is 0 Å². The molecule has 0 saturated heterocycles. The van der Waals surface area contributed by atoms with Crippen LogP contribution < -0.4 is 0 Å². The number of carbonyl (C=O) groups is 1. The number of fused-ring (bicyclic) bond motifs is 1. The first kappa shape index (κ1) is 6.14. The van der Waals surface area contributed by atoms with E-state index in [1.165, 1.54) is 11.1 Å². The fraction of sp³-hybridized carbons (Fsp3) is 0.667. The molecule has 0 N–H and O–H groups in total. The number of ketones is 1. The van der Waals surface area contributed by atoms with E-state index in [9.17, 15) is 4.79 Å². The van der Waals surface area contributed by atoms with E-state index >= 15 is 0 Å². The summed E-state index contributed by atoms with van der Waals surface area (Å²) in [5.74, 6) is 1.47. The second-order valence-corrected chi connectivity index (χ2v) is 3.46. The zero-order valence-corrected chi connectivity index (χ0v) is 6.48. The molecule has 0 aromatic heterocycles. The van der Waals surface area contributed by atoms with E-state index < -0.39 is 0 Å². The van der Waals surface area contributed by atoms with E-state index in [4.69, 9.17) is 0 Å². The van der Waals surface area contributed by atoms with Crippen LogP contribution in [-0.2, 0) is 4.79 Å². The zero-order valence-electron chi connectivity index (χ0n) is 6.48. The number of hydrogen-bond acceptors (Lipinski definition) is 1. The summed E-state index contributed by atoms with van der Waals surface area (Å²) in [6.45, 7) is 4.26. The van der Waals surface area contributed by atoms with Crippen molar-refractivity contribution in [1.29, 1.82) is 0 Å². The van der Waals surface area contributed by atoms with Crippen molar-refractivity contribution >= 4 is 5.78 Å². The minimum Gasteiger partial charge on any atom is -0.299 e. The summed E-state index contributed by atoms with van der Waals surface area (Å²) in [4.78, 5) is 11.2. The minimum absolute atomic E-state index is 0.347. The summed E-state index contributed by atoms with van der Waals surface area (Å²) in [6.07, 6.45) is 1.94. The number of rotatable bonds is 0. The fourth-order valence-electron chi connectivity index (χ4n) is 2.30. The van der Waals surface area contributed by atoms with E-state index in [0.29, 0.717) is 17.6 Å². The first-order chi connectivity index (χ1) is 4.72. The summed E-state index contributed by atoms with van der Waals surface area (Å²) in [6, 6.07) is 0. The molecule has 2 atom stereocenters. The average Bonchev–Trinajstić information content (AvgIpc) is 2.27. The Hall–Kier alpha value is -0.590. The van der Waals surface area contributed by atoms with Crippen LogP contribution in [0.5, 0.6) is 0 Å². The van der Waals surface area contributed by atoms with E-state index in [2.05, 4.69) is 13.8 Å². The normalized spacial score (nSPS) is 38.0. The molecule has 2 aliphatic carbocycles. The number of allylic oxidation sites excluding steroid dienone is 2. The van der Waals surface area contributed by atoms with Crippen LogP contribution in [0.1, 0.15) is 26.7 Å². The van der Waals surface area contributed by atoms with Gasteiger partial charge in [0.1, 0.15) is 5.78 Å². The molecule has 0 spiro atoms. The molecule has 0 aromatic carbocycles. The summed E-state index contributed by atoms with van der Waals surface area (Å²) < 4.78 is 0. The van der Waals surface area contributed by atoms with Crippen LogP contribution in [0.15, 0.2) is 11.1 Å². The third kappa shape index (κ3) is 0.511. The lowest BCUT2D eigenvalue weighted by molar-refractivity contribution is -0.120. The topological polar surface area (TPSA) is 17.1 Å². The van der Waals surface area contributed by atoms with Gasteiger partial charge < -0.3 is 0 Å². The number of hydrogen-bond donors (Lipinski definition) is 0. The third-order valence-corrected chi connectivity index (χ3v) is 3.10. The van der Waals surface area contributed by atoms with Crippen molar-refractivity contribution < 1.29 is 4.79 Å². The maximum atomic E-state index is 11.2. The quantitative estimate of drug-likeness (QED) is 0.465. The smallest absolute Gasteiger partial charge is 0.140 e. The monoisotopic (exact) mass is 136 g/mol. The predicted molar refractivity (Wildman–Crippen MR) is 39.6 cm³/mol. The molecule has 0 bridgehead atoms. The lowest BCUT2D eigenvalue weighted by Gasteiger charge is -2.32. The largest absolute Gasteiger partial charge is 0.299 e. The highest BCUT2D eigenvalue weighted by molar-refractivity contribution is 5.89. The molecule has 0 aliphatic heterocycles.